The Kier molecular flexibility index (Phi) is 7.36. The van der Waals surface area contributed by atoms with E-state index in [1.807, 2.05) is 30.3 Å². The van der Waals surface area contributed by atoms with Crippen LogP contribution in [0.15, 0.2) is 30.3 Å². The van der Waals surface area contributed by atoms with E-state index in [-0.39, 0.29) is 11.8 Å². The number of amides is 1. The smallest absolute Gasteiger partial charge is 0.241 e. The third kappa shape index (κ3) is 5.84. The van der Waals surface area contributed by atoms with Gasteiger partial charge < -0.3 is 10.2 Å². The monoisotopic (exact) mass is 320 g/mol. The van der Waals surface area contributed by atoms with Crippen LogP contribution in [0.25, 0.3) is 0 Å². The van der Waals surface area contributed by atoms with E-state index in [1.54, 1.807) is 0 Å². The Morgan fingerprint density at radius 3 is 2.22 bits per heavy atom. The lowest BCUT2D eigenvalue weighted by molar-refractivity contribution is -0.140. The number of anilines is 1. The molecule has 2 rings (SSSR count). The molecule has 0 radical (unpaired) electrons. The summed E-state index contributed by atoms with van der Waals surface area (Å²) in [6.45, 7) is 0. The zero-order chi connectivity index (χ0) is 16.5. The molecule has 0 aliphatic heterocycles. The summed E-state index contributed by atoms with van der Waals surface area (Å²) in [7, 11) is 0. The summed E-state index contributed by atoms with van der Waals surface area (Å²) in [5, 5.41) is 19.4. The molecule has 1 aliphatic rings. The predicted octanol–water partition coefficient (Wildman–Crippen LogP) is 2.81. The van der Waals surface area contributed by atoms with Gasteiger partial charge in [-0.1, -0.05) is 56.7 Å². The Morgan fingerprint density at radius 1 is 0.957 bits per heavy atom. The Morgan fingerprint density at radius 2 is 1.57 bits per heavy atom. The average molecular weight is 320 g/mol. The summed E-state index contributed by atoms with van der Waals surface area (Å²) < 4.78 is 0. The topological polar surface area (TPSA) is 81.6 Å². The second kappa shape index (κ2) is 9.53. The molecule has 5 nitrogen and oxygen atoms in total. The largest absolute Gasteiger partial charge is 0.368 e. The molecule has 0 heterocycles. The molecule has 128 valence electrons. The predicted molar refractivity (Wildman–Crippen MR) is 90.3 cm³/mol. The number of hydrogen-bond acceptors (Lipinski definition) is 4. The molecule has 0 aromatic heterocycles. The fourth-order valence-corrected chi connectivity index (χ4v) is 3.30. The summed E-state index contributed by atoms with van der Waals surface area (Å²) in [5.74, 6) is -0.928. The van der Waals surface area contributed by atoms with Crippen LogP contribution in [0.1, 0.15) is 51.4 Å². The number of carbonyl (C=O) groups is 1. The van der Waals surface area contributed by atoms with Crippen molar-refractivity contribution in [1.29, 1.82) is 0 Å². The molecule has 0 saturated heterocycles. The molecule has 1 saturated carbocycles. The Balaban J connectivity index is 1.98. The number of benzene rings is 1. The molecule has 1 fully saturated rings. The summed E-state index contributed by atoms with van der Waals surface area (Å²) in [6, 6.07) is 9.42. The molecular formula is C18H28N2O3. The van der Waals surface area contributed by atoms with Crippen molar-refractivity contribution < 1.29 is 15.0 Å². The summed E-state index contributed by atoms with van der Waals surface area (Å²) in [5.41, 5.74) is 6.44. The van der Waals surface area contributed by atoms with Crippen LogP contribution in [0.4, 0.5) is 5.69 Å². The fraction of sp³-hybridized carbons (Fsp3) is 0.611. The number of aliphatic hydroxyl groups excluding tert-OH is 1. The highest BCUT2D eigenvalue weighted by atomic mass is 16.5. The highest BCUT2D eigenvalue weighted by Crippen LogP contribution is 2.29. The molecule has 2 atom stereocenters. The van der Waals surface area contributed by atoms with Crippen molar-refractivity contribution in [2.75, 3.05) is 5.43 Å². The molecule has 0 bridgehead atoms. The lowest BCUT2D eigenvalue weighted by atomic mass is 9.82. The van der Waals surface area contributed by atoms with Crippen LogP contribution in [-0.4, -0.2) is 22.4 Å². The Hall–Kier alpha value is -1.59. The van der Waals surface area contributed by atoms with E-state index in [9.17, 15) is 15.0 Å². The third-order valence-corrected chi connectivity index (χ3v) is 4.64. The van der Waals surface area contributed by atoms with Gasteiger partial charge in [-0.05, 0) is 25.0 Å². The van der Waals surface area contributed by atoms with Crippen LogP contribution in [0.3, 0.4) is 0 Å². The fourth-order valence-electron chi connectivity index (χ4n) is 3.30. The van der Waals surface area contributed by atoms with Crippen molar-refractivity contribution in [3.8, 4) is 0 Å². The van der Waals surface area contributed by atoms with E-state index in [0.29, 0.717) is 12.8 Å². The van der Waals surface area contributed by atoms with Crippen LogP contribution in [0.2, 0.25) is 0 Å². The maximum absolute atomic E-state index is 12.6. The SMILES string of the molecule is O=C(NNc1ccccc1)C1CCCCCCCCC1C(O)O. The number of aliphatic hydroxyl groups is 2. The van der Waals surface area contributed by atoms with Crippen LogP contribution in [0, 0.1) is 11.8 Å². The second-order valence-corrected chi connectivity index (χ2v) is 6.36. The third-order valence-electron chi connectivity index (χ3n) is 4.64. The molecule has 1 aromatic carbocycles. The number of para-hydroxylation sites is 1. The van der Waals surface area contributed by atoms with Crippen LogP contribution in [-0.2, 0) is 4.79 Å². The maximum atomic E-state index is 12.6. The van der Waals surface area contributed by atoms with Crippen molar-refractivity contribution >= 4 is 11.6 Å². The van der Waals surface area contributed by atoms with Gasteiger partial charge in [0.15, 0.2) is 6.29 Å². The lowest BCUT2D eigenvalue weighted by Crippen LogP contribution is -2.42. The number of hydrogen-bond donors (Lipinski definition) is 4. The first kappa shape index (κ1) is 17.8. The van der Waals surface area contributed by atoms with Gasteiger partial charge in [0.25, 0.3) is 0 Å². The van der Waals surface area contributed by atoms with Crippen molar-refractivity contribution in [1.82, 2.24) is 5.43 Å². The van der Waals surface area contributed by atoms with Gasteiger partial charge in [-0.3, -0.25) is 15.6 Å². The van der Waals surface area contributed by atoms with Crippen LogP contribution < -0.4 is 10.9 Å². The lowest BCUT2D eigenvalue weighted by Gasteiger charge is -2.28. The van der Waals surface area contributed by atoms with Gasteiger partial charge in [0.2, 0.25) is 5.91 Å². The highest BCUT2D eigenvalue weighted by molar-refractivity contribution is 5.80. The van der Waals surface area contributed by atoms with Gasteiger partial charge in [0.05, 0.1) is 5.69 Å². The van der Waals surface area contributed by atoms with Gasteiger partial charge in [-0.15, -0.1) is 0 Å². The molecule has 1 aliphatic carbocycles. The quantitative estimate of drug-likeness (QED) is 0.508. The van der Waals surface area contributed by atoms with Crippen molar-refractivity contribution in [2.24, 2.45) is 11.8 Å². The van der Waals surface area contributed by atoms with Gasteiger partial charge in [0, 0.05) is 11.8 Å². The normalized spacial score (nSPS) is 23.3. The molecule has 0 spiro atoms. The highest BCUT2D eigenvalue weighted by Gasteiger charge is 2.32. The van der Waals surface area contributed by atoms with E-state index in [4.69, 9.17) is 0 Å². The standard InChI is InChI=1S/C18H28N2O3/c21-17(20-19-14-10-6-5-7-11-14)15-12-8-3-1-2-4-9-13-16(15)18(22)23/h5-7,10-11,15-16,18-19,22-23H,1-4,8-9,12-13H2,(H,20,21). The first-order valence-electron chi connectivity index (χ1n) is 8.65. The molecule has 5 heteroatoms. The summed E-state index contributed by atoms with van der Waals surface area (Å²) in [6.07, 6.45) is 6.42. The van der Waals surface area contributed by atoms with Crippen LogP contribution >= 0.6 is 0 Å². The van der Waals surface area contributed by atoms with E-state index < -0.39 is 12.2 Å². The number of hydrazine groups is 1. The number of nitrogens with one attached hydrogen (secondary N) is 2. The van der Waals surface area contributed by atoms with Gasteiger partial charge in [-0.25, -0.2) is 0 Å². The first-order valence-corrected chi connectivity index (χ1v) is 8.65. The zero-order valence-corrected chi connectivity index (χ0v) is 13.6. The molecule has 1 aromatic rings. The van der Waals surface area contributed by atoms with Gasteiger partial charge in [0.1, 0.15) is 0 Å². The van der Waals surface area contributed by atoms with Gasteiger partial charge in [-0.2, -0.15) is 0 Å². The summed E-state index contributed by atoms with van der Waals surface area (Å²) in [4.78, 5) is 12.6. The number of carbonyl (C=O) groups excluding carboxylic acids is 1. The van der Waals surface area contributed by atoms with E-state index in [0.717, 1.165) is 31.4 Å². The minimum absolute atomic E-state index is 0.160. The Bertz CT molecular complexity index is 465. The molecular weight excluding hydrogens is 292 g/mol. The van der Waals surface area contributed by atoms with Crippen molar-refractivity contribution in [3.63, 3.8) is 0 Å². The number of rotatable bonds is 4. The minimum Gasteiger partial charge on any atom is -0.368 e. The molecule has 1 amide bonds. The second-order valence-electron chi connectivity index (χ2n) is 6.36. The maximum Gasteiger partial charge on any atom is 0.241 e. The van der Waals surface area contributed by atoms with Crippen molar-refractivity contribution in [2.45, 2.75) is 57.7 Å². The molecule has 4 N–H and O–H groups in total. The first-order chi connectivity index (χ1) is 11.2. The van der Waals surface area contributed by atoms with E-state index >= 15 is 0 Å². The molecule has 23 heavy (non-hydrogen) atoms. The van der Waals surface area contributed by atoms with Crippen molar-refractivity contribution in [3.05, 3.63) is 30.3 Å². The summed E-state index contributed by atoms with van der Waals surface area (Å²) >= 11 is 0. The Labute approximate surface area is 138 Å². The minimum atomic E-state index is -1.44. The molecule has 2 unspecified atom stereocenters. The van der Waals surface area contributed by atoms with Gasteiger partial charge >= 0.3 is 0 Å². The average Bonchev–Trinajstić information content (AvgIpc) is 2.57. The van der Waals surface area contributed by atoms with E-state index in [1.165, 1.54) is 12.8 Å². The van der Waals surface area contributed by atoms with E-state index in [2.05, 4.69) is 10.9 Å². The van der Waals surface area contributed by atoms with Crippen LogP contribution in [0.5, 0.6) is 0 Å². The zero-order valence-electron chi connectivity index (χ0n) is 13.6.